The zero-order valence-corrected chi connectivity index (χ0v) is 16.1. The van der Waals surface area contributed by atoms with Gasteiger partial charge in [-0.2, -0.15) is 0 Å². The van der Waals surface area contributed by atoms with Crippen molar-refractivity contribution < 1.29 is 9.59 Å². The molecular weight excluding hydrogens is 350 g/mol. The largest absolute Gasteiger partial charge is 0.380 e. The number of para-hydroxylation sites is 1. The highest BCUT2D eigenvalue weighted by Crippen LogP contribution is 2.34. The van der Waals surface area contributed by atoms with E-state index in [1.165, 1.54) is 4.90 Å². The molecule has 0 bridgehead atoms. The van der Waals surface area contributed by atoms with Crippen LogP contribution >= 0.6 is 0 Å². The Balaban J connectivity index is 1.80. The minimum Gasteiger partial charge on any atom is -0.380 e. The Labute approximate surface area is 164 Å². The number of aromatic nitrogens is 1. The number of aryl methyl sites for hydroxylation is 1. The molecule has 2 amide bonds. The maximum Gasteiger partial charge on any atom is 0.277 e. The van der Waals surface area contributed by atoms with E-state index >= 15 is 0 Å². The monoisotopic (exact) mass is 373 g/mol. The maximum absolute atomic E-state index is 13.3. The van der Waals surface area contributed by atoms with Crippen molar-refractivity contribution in [2.45, 2.75) is 19.9 Å². The zero-order chi connectivity index (χ0) is 19.7. The molecule has 0 atom stereocenters. The van der Waals surface area contributed by atoms with Gasteiger partial charge < -0.3 is 9.88 Å². The first-order valence-corrected chi connectivity index (χ1v) is 9.54. The van der Waals surface area contributed by atoms with Gasteiger partial charge in [-0.1, -0.05) is 55.5 Å². The molecule has 142 valence electrons. The third-order valence-electron chi connectivity index (χ3n) is 5.07. The van der Waals surface area contributed by atoms with Gasteiger partial charge in [0.15, 0.2) is 0 Å². The van der Waals surface area contributed by atoms with Gasteiger partial charge in [-0.05, 0) is 18.1 Å². The molecule has 0 saturated heterocycles. The molecule has 1 aliphatic rings. The second-order valence-corrected chi connectivity index (χ2v) is 7.03. The maximum atomic E-state index is 13.3. The van der Waals surface area contributed by atoms with Crippen LogP contribution in [-0.2, 0) is 23.2 Å². The van der Waals surface area contributed by atoms with E-state index < -0.39 is 0 Å². The molecule has 0 fully saturated rings. The number of hydrogen-bond acceptors (Lipinski definition) is 3. The number of rotatable bonds is 6. The van der Waals surface area contributed by atoms with Gasteiger partial charge in [-0.15, -0.1) is 0 Å². The fourth-order valence-corrected chi connectivity index (χ4v) is 3.69. The third-order valence-corrected chi connectivity index (χ3v) is 5.07. The number of hydrogen-bond donors (Lipinski definition) is 1. The van der Waals surface area contributed by atoms with Crippen molar-refractivity contribution in [3.05, 3.63) is 77.6 Å². The Kier molecular flexibility index (Phi) is 4.74. The molecule has 1 N–H and O–H groups in total. The summed E-state index contributed by atoms with van der Waals surface area (Å²) in [7, 11) is 1.95. The number of imide groups is 1. The predicted molar refractivity (Wildman–Crippen MR) is 110 cm³/mol. The molecule has 0 unspecified atom stereocenters. The highest BCUT2D eigenvalue weighted by Gasteiger charge is 2.39. The number of benzene rings is 2. The topological polar surface area (TPSA) is 54.3 Å². The normalized spacial score (nSPS) is 14.4. The molecule has 1 aromatic heterocycles. The van der Waals surface area contributed by atoms with E-state index in [0.717, 1.165) is 28.5 Å². The molecule has 3 aromatic rings. The minimum absolute atomic E-state index is 0.246. The molecular formula is C23H23N3O2. The van der Waals surface area contributed by atoms with Gasteiger partial charge in [-0.25, -0.2) is 0 Å². The predicted octanol–water partition coefficient (Wildman–Crippen LogP) is 3.46. The van der Waals surface area contributed by atoms with Crippen LogP contribution in [0.4, 0.5) is 0 Å². The van der Waals surface area contributed by atoms with Gasteiger partial charge in [0, 0.05) is 36.3 Å². The SMILES string of the molecule is CCCNC1=C(c2cn(C)c3ccccc23)C(=O)N(Cc2ccccc2)C1=O. The van der Waals surface area contributed by atoms with Crippen molar-refractivity contribution in [2.24, 2.45) is 7.05 Å². The summed E-state index contributed by atoms with van der Waals surface area (Å²) in [6.07, 6.45) is 2.80. The van der Waals surface area contributed by atoms with Crippen LogP contribution in [0.3, 0.4) is 0 Å². The first-order valence-electron chi connectivity index (χ1n) is 9.54. The van der Waals surface area contributed by atoms with E-state index in [0.29, 0.717) is 17.8 Å². The van der Waals surface area contributed by atoms with Crippen LogP contribution in [0.1, 0.15) is 24.5 Å². The second-order valence-electron chi connectivity index (χ2n) is 7.03. The first-order chi connectivity index (χ1) is 13.6. The number of amides is 2. The lowest BCUT2D eigenvalue weighted by molar-refractivity contribution is -0.137. The summed E-state index contributed by atoms with van der Waals surface area (Å²) >= 11 is 0. The van der Waals surface area contributed by atoms with Gasteiger partial charge in [0.05, 0.1) is 12.1 Å². The molecule has 4 rings (SSSR count). The summed E-state index contributed by atoms with van der Waals surface area (Å²) in [4.78, 5) is 27.8. The van der Waals surface area contributed by atoms with Gasteiger partial charge >= 0.3 is 0 Å². The van der Waals surface area contributed by atoms with Crippen LogP contribution in [-0.4, -0.2) is 27.8 Å². The standard InChI is InChI=1S/C23H23N3O2/c1-3-13-24-21-20(18-15-25(2)19-12-8-7-11-17(18)19)22(27)26(23(21)28)14-16-9-5-4-6-10-16/h4-12,15,24H,3,13-14H2,1-2H3. The average Bonchev–Trinajstić information content (AvgIpc) is 3.16. The molecule has 28 heavy (non-hydrogen) atoms. The van der Waals surface area contributed by atoms with Crippen LogP contribution < -0.4 is 5.32 Å². The zero-order valence-electron chi connectivity index (χ0n) is 16.1. The van der Waals surface area contributed by atoms with Gasteiger partial charge in [-0.3, -0.25) is 14.5 Å². The highest BCUT2D eigenvalue weighted by atomic mass is 16.2. The molecule has 0 spiro atoms. The van der Waals surface area contributed by atoms with Gasteiger partial charge in [0.1, 0.15) is 5.70 Å². The molecule has 2 heterocycles. The van der Waals surface area contributed by atoms with Crippen LogP contribution in [0, 0.1) is 0 Å². The van der Waals surface area contributed by atoms with Crippen molar-refractivity contribution in [2.75, 3.05) is 6.54 Å². The quantitative estimate of drug-likeness (QED) is 0.673. The molecule has 2 aromatic carbocycles. The summed E-state index contributed by atoms with van der Waals surface area (Å²) in [6, 6.07) is 17.5. The van der Waals surface area contributed by atoms with Crippen molar-refractivity contribution in [3.8, 4) is 0 Å². The van der Waals surface area contributed by atoms with E-state index in [2.05, 4.69) is 5.32 Å². The Morgan fingerprint density at radius 1 is 0.929 bits per heavy atom. The molecule has 5 nitrogen and oxygen atoms in total. The number of carbonyl (C=O) groups excluding carboxylic acids is 2. The third kappa shape index (κ3) is 2.99. The minimum atomic E-state index is -0.259. The van der Waals surface area contributed by atoms with E-state index in [1.54, 1.807) is 0 Å². The van der Waals surface area contributed by atoms with Crippen LogP contribution in [0.25, 0.3) is 16.5 Å². The van der Waals surface area contributed by atoms with Crippen molar-refractivity contribution in [1.29, 1.82) is 0 Å². The number of carbonyl (C=O) groups is 2. The molecule has 0 saturated carbocycles. The Hall–Kier alpha value is -3.34. The second kappa shape index (κ2) is 7.35. The van der Waals surface area contributed by atoms with Crippen LogP contribution in [0.2, 0.25) is 0 Å². The summed E-state index contributed by atoms with van der Waals surface area (Å²) in [6.45, 7) is 2.94. The summed E-state index contributed by atoms with van der Waals surface area (Å²) in [5, 5.41) is 4.18. The number of nitrogens with zero attached hydrogens (tertiary/aromatic N) is 2. The lowest BCUT2D eigenvalue weighted by atomic mass is 10.0. The summed E-state index contributed by atoms with van der Waals surface area (Å²) in [5.74, 6) is -0.506. The lowest BCUT2D eigenvalue weighted by Gasteiger charge is -2.15. The fraction of sp³-hybridized carbons (Fsp3) is 0.217. The Morgan fingerprint density at radius 2 is 1.64 bits per heavy atom. The van der Waals surface area contributed by atoms with E-state index in [-0.39, 0.29) is 18.4 Å². The van der Waals surface area contributed by atoms with Crippen LogP contribution in [0.15, 0.2) is 66.5 Å². The molecule has 0 aliphatic carbocycles. The number of fused-ring (bicyclic) bond motifs is 1. The smallest absolute Gasteiger partial charge is 0.277 e. The average molecular weight is 373 g/mol. The molecule has 0 radical (unpaired) electrons. The van der Waals surface area contributed by atoms with Gasteiger partial charge in [0.2, 0.25) is 0 Å². The van der Waals surface area contributed by atoms with Gasteiger partial charge in [0.25, 0.3) is 11.8 Å². The van der Waals surface area contributed by atoms with E-state index in [9.17, 15) is 9.59 Å². The Morgan fingerprint density at radius 3 is 2.39 bits per heavy atom. The number of nitrogens with one attached hydrogen (secondary N) is 1. The van der Waals surface area contributed by atoms with Crippen LogP contribution in [0.5, 0.6) is 0 Å². The van der Waals surface area contributed by atoms with Crippen molar-refractivity contribution in [1.82, 2.24) is 14.8 Å². The fourth-order valence-electron chi connectivity index (χ4n) is 3.69. The Bertz CT molecular complexity index is 1080. The highest BCUT2D eigenvalue weighted by molar-refractivity contribution is 6.37. The van der Waals surface area contributed by atoms with E-state index in [4.69, 9.17) is 0 Å². The summed E-state index contributed by atoms with van der Waals surface area (Å²) < 4.78 is 1.99. The molecule has 1 aliphatic heterocycles. The van der Waals surface area contributed by atoms with Crippen molar-refractivity contribution >= 4 is 28.3 Å². The lowest BCUT2D eigenvalue weighted by Crippen LogP contribution is -2.33. The van der Waals surface area contributed by atoms with Crippen molar-refractivity contribution in [3.63, 3.8) is 0 Å². The molecule has 5 heteroatoms. The van der Waals surface area contributed by atoms with E-state index in [1.807, 2.05) is 79.3 Å². The first kappa shape index (κ1) is 18.0. The summed E-state index contributed by atoms with van der Waals surface area (Å²) in [5.41, 5.74) is 3.62.